The number of thiophene rings is 1. The summed E-state index contributed by atoms with van der Waals surface area (Å²) in [6.07, 6.45) is 0.0779. The normalized spacial score (nSPS) is 19.7. The van der Waals surface area contributed by atoms with Gasteiger partial charge in [-0.2, -0.15) is 23.5 Å². The number of halogens is 3. The summed E-state index contributed by atoms with van der Waals surface area (Å²) in [5, 5.41) is 19.8. The lowest BCUT2D eigenvalue weighted by Crippen LogP contribution is -2.36. The zero-order chi connectivity index (χ0) is 23.2. The van der Waals surface area contributed by atoms with E-state index in [1.54, 1.807) is 30.3 Å². The van der Waals surface area contributed by atoms with Gasteiger partial charge in [0.25, 0.3) is 5.91 Å². The number of carbonyl (C=O) groups excluding carboxylic acids is 1. The molecule has 0 unspecified atom stereocenters. The quantitative estimate of drug-likeness (QED) is 0.520. The van der Waals surface area contributed by atoms with Crippen LogP contribution in [0.5, 0.6) is 0 Å². The Morgan fingerprint density at radius 1 is 1.24 bits per heavy atom. The van der Waals surface area contributed by atoms with Gasteiger partial charge in [-0.1, -0.05) is 30.3 Å². The molecule has 0 saturated carbocycles. The van der Waals surface area contributed by atoms with Crippen molar-refractivity contribution >= 4 is 28.1 Å². The number of hydrogen-bond donors (Lipinski definition) is 2. The predicted octanol–water partition coefficient (Wildman–Crippen LogP) is 5.61. The van der Waals surface area contributed by atoms with E-state index in [-0.39, 0.29) is 17.8 Å². The van der Waals surface area contributed by atoms with Gasteiger partial charge in [0.1, 0.15) is 22.5 Å². The lowest BCUT2D eigenvalue weighted by molar-refractivity contribution is -0.173. The standard InChI is InChI=1S/C23H20F3N5OS/c24-23(25,26)19-10-17(13-6-2-1-3-7-13)29-20-16(12-28-31(19)20)21(32)30-22-15(11-27)14-8-4-5-9-18(14)33-22/h1-3,6-7,12,17,19,29H,4-5,8-10H2,(H,30,32)/t17-,19-/m0/s1. The minimum atomic E-state index is -4.52. The highest BCUT2D eigenvalue weighted by Gasteiger charge is 2.47. The van der Waals surface area contributed by atoms with Gasteiger partial charge in [-0.25, -0.2) is 4.68 Å². The van der Waals surface area contributed by atoms with Crippen LogP contribution in [0, 0.1) is 11.3 Å². The fourth-order valence-corrected chi connectivity index (χ4v) is 5.81. The molecule has 170 valence electrons. The van der Waals surface area contributed by atoms with Gasteiger partial charge < -0.3 is 10.6 Å². The summed E-state index contributed by atoms with van der Waals surface area (Å²) in [6.45, 7) is 0. The zero-order valence-corrected chi connectivity index (χ0v) is 18.3. The summed E-state index contributed by atoms with van der Waals surface area (Å²) in [4.78, 5) is 14.2. The van der Waals surface area contributed by atoms with Gasteiger partial charge in [-0.05, 0) is 36.8 Å². The molecule has 2 atom stereocenters. The number of fused-ring (bicyclic) bond motifs is 2. The average molecular weight is 472 g/mol. The SMILES string of the molecule is N#Cc1c(NC(=O)c2cnn3c2N[C@H](c2ccccc2)C[C@H]3C(F)(F)F)sc2c1CCCC2. The first-order valence-electron chi connectivity index (χ1n) is 10.7. The molecule has 0 saturated heterocycles. The van der Waals surface area contributed by atoms with Crippen LogP contribution >= 0.6 is 11.3 Å². The second-order valence-electron chi connectivity index (χ2n) is 8.23. The number of anilines is 2. The first-order valence-corrected chi connectivity index (χ1v) is 11.5. The Bertz CT molecular complexity index is 1240. The second kappa shape index (κ2) is 8.23. The fourth-order valence-electron chi connectivity index (χ4n) is 4.58. The van der Waals surface area contributed by atoms with Crippen molar-refractivity contribution in [1.29, 1.82) is 5.26 Å². The van der Waals surface area contributed by atoms with Gasteiger partial charge in [0.2, 0.25) is 0 Å². The molecule has 3 aromatic rings. The molecule has 1 amide bonds. The van der Waals surface area contributed by atoms with E-state index in [1.807, 2.05) is 0 Å². The molecular formula is C23H20F3N5OS. The van der Waals surface area contributed by atoms with E-state index >= 15 is 0 Å². The number of carbonyl (C=O) groups is 1. The van der Waals surface area contributed by atoms with Gasteiger partial charge >= 0.3 is 6.18 Å². The third kappa shape index (κ3) is 3.86. The first kappa shape index (κ1) is 21.5. The van der Waals surface area contributed by atoms with Gasteiger partial charge in [-0.15, -0.1) is 11.3 Å². The third-order valence-corrected chi connectivity index (χ3v) is 7.40. The van der Waals surface area contributed by atoms with Crippen LogP contribution in [-0.2, 0) is 12.8 Å². The van der Waals surface area contributed by atoms with Crippen LogP contribution in [0.4, 0.5) is 24.0 Å². The average Bonchev–Trinajstić information content (AvgIpc) is 3.39. The minimum Gasteiger partial charge on any atom is -0.363 e. The minimum absolute atomic E-state index is 0.0140. The number of benzene rings is 1. The van der Waals surface area contributed by atoms with E-state index in [2.05, 4.69) is 21.8 Å². The molecule has 6 nitrogen and oxygen atoms in total. The summed E-state index contributed by atoms with van der Waals surface area (Å²) < 4.78 is 42.5. The predicted molar refractivity (Wildman–Crippen MR) is 118 cm³/mol. The van der Waals surface area contributed by atoms with E-state index in [1.165, 1.54) is 11.3 Å². The number of hydrogen-bond acceptors (Lipinski definition) is 5. The number of aromatic nitrogens is 2. The van der Waals surface area contributed by atoms with Crippen molar-refractivity contribution < 1.29 is 18.0 Å². The summed E-state index contributed by atoms with van der Waals surface area (Å²) in [7, 11) is 0. The number of amides is 1. The van der Waals surface area contributed by atoms with E-state index in [0.717, 1.165) is 47.0 Å². The van der Waals surface area contributed by atoms with Gasteiger partial charge in [-0.3, -0.25) is 4.79 Å². The molecule has 2 aromatic heterocycles. The lowest BCUT2D eigenvalue weighted by atomic mass is 9.96. The van der Waals surface area contributed by atoms with Crippen LogP contribution < -0.4 is 10.6 Å². The Kier molecular flexibility index (Phi) is 5.37. The lowest BCUT2D eigenvalue weighted by Gasteiger charge is -2.34. The maximum Gasteiger partial charge on any atom is 0.410 e. The van der Waals surface area contributed by atoms with Crippen LogP contribution in [0.1, 0.15) is 63.3 Å². The fraction of sp³-hybridized carbons (Fsp3) is 0.348. The zero-order valence-electron chi connectivity index (χ0n) is 17.4. The second-order valence-corrected chi connectivity index (χ2v) is 9.34. The molecule has 5 rings (SSSR count). The molecule has 1 aliphatic heterocycles. The molecule has 1 aliphatic carbocycles. The molecular weight excluding hydrogens is 451 g/mol. The van der Waals surface area contributed by atoms with Crippen LogP contribution in [0.15, 0.2) is 36.5 Å². The Hall–Kier alpha value is -3.32. The molecule has 0 bridgehead atoms. The maximum absolute atomic E-state index is 13.9. The Morgan fingerprint density at radius 3 is 2.73 bits per heavy atom. The van der Waals surface area contributed by atoms with E-state index in [9.17, 15) is 23.2 Å². The van der Waals surface area contributed by atoms with Gasteiger partial charge in [0.15, 0.2) is 6.04 Å². The largest absolute Gasteiger partial charge is 0.410 e. The summed E-state index contributed by atoms with van der Waals surface area (Å²) in [5.41, 5.74) is 2.14. The molecule has 10 heteroatoms. The van der Waals surface area contributed by atoms with Crippen molar-refractivity contribution in [2.75, 3.05) is 10.6 Å². The third-order valence-electron chi connectivity index (χ3n) is 6.20. The van der Waals surface area contributed by atoms with E-state index < -0.39 is 24.2 Å². The van der Waals surface area contributed by atoms with Crippen molar-refractivity contribution in [1.82, 2.24) is 9.78 Å². The highest BCUT2D eigenvalue weighted by Crippen LogP contribution is 2.44. The van der Waals surface area contributed by atoms with Crippen molar-refractivity contribution in [2.45, 2.75) is 50.4 Å². The molecule has 1 aromatic carbocycles. The summed E-state index contributed by atoms with van der Waals surface area (Å²) in [5.74, 6) is -0.566. The van der Waals surface area contributed by atoms with Gasteiger partial charge in [0, 0.05) is 11.3 Å². The highest BCUT2D eigenvalue weighted by atomic mass is 32.1. The monoisotopic (exact) mass is 471 g/mol. The molecule has 2 aliphatic rings. The number of nitriles is 1. The van der Waals surface area contributed by atoms with Crippen molar-refractivity contribution in [2.24, 2.45) is 0 Å². The summed E-state index contributed by atoms with van der Waals surface area (Å²) in [6, 6.07) is 8.54. The highest BCUT2D eigenvalue weighted by molar-refractivity contribution is 7.16. The molecule has 0 fully saturated rings. The van der Waals surface area contributed by atoms with Crippen molar-refractivity contribution in [3.8, 4) is 6.07 Å². The van der Waals surface area contributed by atoms with E-state index in [4.69, 9.17) is 0 Å². The van der Waals surface area contributed by atoms with E-state index in [0.29, 0.717) is 16.1 Å². The van der Waals surface area contributed by atoms with Crippen LogP contribution in [-0.4, -0.2) is 21.9 Å². The van der Waals surface area contributed by atoms with Crippen LogP contribution in [0.25, 0.3) is 0 Å². The van der Waals surface area contributed by atoms with Crippen LogP contribution in [0.3, 0.4) is 0 Å². The Labute approximate surface area is 192 Å². The Balaban J connectivity index is 1.49. The van der Waals surface area contributed by atoms with Crippen molar-refractivity contribution in [3.05, 3.63) is 63.7 Å². The number of nitrogens with zero attached hydrogens (tertiary/aromatic N) is 3. The molecule has 0 radical (unpaired) electrons. The topological polar surface area (TPSA) is 82.7 Å². The molecule has 3 heterocycles. The first-order chi connectivity index (χ1) is 15.9. The van der Waals surface area contributed by atoms with Gasteiger partial charge in [0.05, 0.1) is 17.8 Å². The molecule has 0 spiro atoms. The number of alkyl halides is 3. The Morgan fingerprint density at radius 2 is 2.00 bits per heavy atom. The summed E-state index contributed by atoms with van der Waals surface area (Å²) >= 11 is 1.37. The number of rotatable bonds is 3. The smallest absolute Gasteiger partial charge is 0.363 e. The van der Waals surface area contributed by atoms with Crippen molar-refractivity contribution in [3.63, 3.8) is 0 Å². The molecule has 2 N–H and O–H groups in total. The van der Waals surface area contributed by atoms with Crippen LogP contribution in [0.2, 0.25) is 0 Å². The number of nitrogens with one attached hydrogen (secondary N) is 2. The number of aryl methyl sites for hydroxylation is 1. The molecule has 33 heavy (non-hydrogen) atoms. The maximum atomic E-state index is 13.9.